The van der Waals surface area contributed by atoms with E-state index in [2.05, 4.69) is 35.8 Å². The lowest BCUT2D eigenvalue weighted by atomic mass is 10.1. The molecule has 1 saturated heterocycles. The van der Waals surface area contributed by atoms with Crippen molar-refractivity contribution >= 4 is 11.5 Å². The van der Waals surface area contributed by atoms with Gasteiger partial charge in [-0.1, -0.05) is 25.5 Å². The van der Waals surface area contributed by atoms with Crippen molar-refractivity contribution in [2.45, 2.75) is 33.2 Å². The minimum Gasteiger partial charge on any atom is -0.384 e. The maximum Gasteiger partial charge on any atom is 0.124 e. The second-order valence-corrected chi connectivity index (χ2v) is 5.54. The van der Waals surface area contributed by atoms with Crippen LogP contribution in [0, 0.1) is 12.3 Å². The van der Waals surface area contributed by atoms with Crippen LogP contribution in [0.4, 0.5) is 5.69 Å². The third kappa shape index (κ3) is 2.96. The highest BCUT2D eigenvalue weighted by Crippen LogP contribution is 2.27. The number of anilines is 1. The molecular formula is C16H26N4. The maximum absolute atomic E-state index is 7.78. The Bertz CT molecular complexity index is 479. The van der Waals surface area contributed by atoms with Crippen LogP contribution in [0.1, 0.15) is 31.4 Å². The molecule has 1 unspecified atom stereocenters. The van der Waals surface area contributed by atoms with E-state index in [1.54, 1.807) is 0 Å². The molecule has 1 heterocycles. The average molecular weight is 274 g/mol. The molecule has 0 spiro atoms. The second-order valence-electron chi connectivity index (χ2n) is 5.54. The number of nitrogens with two attached hydrogens (primary N) is 1. The second kappa shape index (κ2) is 6.27. The van der Waals surface area contributed by atoms with Gasteiger partial charge < -0.3 is 10.6 Å². The van der Waals surface area contributed by atoms with Gasteiger partial charge in [0, 0.05) is 30.4 Å². The Balaban J connectivity index is 2.20. The summed E-state index contributed by atoms with van der Waals surface area (Å²) in [5.41, 5.74) is 8.87. The molecular weight excluding hydrogens is 248 g/mol. The summed E-state index contributed by atoms with van der Waals surface area (Å²) in [6.07, 6.45) is 1.19. The smallest absolute Gasteiger partial charge is 0.124 e. The fourth-order valence-electron chi connectivity index (χ4n) is 3.14. The molecule has 0 aliphatic carbocycles. The molecule has 1 aliphatic heterocycles. The lowest BCUT2D eigenvalue weighted by Crippen LogP contribution is -2.37. The van der Waals surface area contributed by atoms with E-state index in [4.69, 9.17) is 11.1 Å². The third-order valence-electron chi connectivity index (χ3n) is 4.28. The van der Waals surface area contributed by atoms with E-state index in [1.165, 1.54) is 6.42 Å². The minimum absolute atomic E-state index is 0.162. The van der Waals surface area contributed by atoms with E-state index in [0.29, 0.717) is 6.04 Å². The summed E-state index contributed by atoms with van der Waals surface area (Å²) in [7, 11) is 0. The summed E-state index contributed by atoms with van der Waals surface area (Å²) in [6, 6.07) is 6.84. The molecule has 1 aliphatic rings. The molecule has 3 N–H and O–H groups in total. The van der Waals surface area contributed by atoms with Gasteiger partial charge in [0.15, 0.2) is 0 Å². The Morgan fingerprint density at radius 2 is 2.10 bits per heavy atom. The molecule has 1 fully saturated rings. The SMILES string of the molecule is CCN(CC)C1CCN(c2ccc(C)cc2C(=N)N)C1. The number of nitrogen functional groups attached to an aromatic ring is 1. The number of likely N-dealkylation sites (N-methyl/N-ethyl adjacent to an activating group) is 1. The van der Waals surface area contributed by atoms with E-state index >= 15 is 0 Å². The van der Waals surface area contributed by atoms with Gasteiger partial charge in [-0.3, -0.25) is 10.3 Å². The maximum atomic E-state index is 7.78. The van der Waals surface area contributed by atoms with Crippen LogP contribution in [0.2, 0.25) is 0 Å². The molecule has 0 bridgehead atoms. The fourth-order valence-corrected chi connectivity index (χ4v) is 3.14. The van der Waals surface area contributed by atoms with Gasteiger partial charge in [0.2, 0.25) is 0 Å². The van der Waals surface area contributed by atoms with E-state index in [1.807, 2.05) is 13.0 Å². The van der Waals surface area contributed by atoms with Crippen molar-refractivity contribution in [3.8, 4) is 0 Å². The molecule has 1 aromatic rings. The molecule has 2 rings (SSSR count). The summed E-state index contributed by atoms with van der Waals surface area (Å²) >= 11 is 0. The summed E-state index contributed by atoms with van der Waals surface area (Å²) in [4.78, 5) is 4.89. The number of hydrogen-bond acceptors (Lipinski definition) is 3. The van der Waals surface area contributed by atoms with Crippen LogP contribution in [0.3, 0.4) is 0 Å². The van der Waals surface area contributed by atoms with Crippen molar-refractivity contribution in [1.29, 1.82) is 5.41 Å². The molecule has 4 heteroatoms. The zero-order chi connectivity index (χ0) is 14.7. The summed E-state index contributed by atoms with van der Waals surface area (Å²) in [6.45, 7) is 10.8. The molecule has 0 radical (unpaired) electrons. The standard InChI is InChI=1S/C16H26N4/c1-4-19(5-2)13-8-9-20(11-13)15-7-6-12(3)10-14(15)16(17)18/h6-7,10,13H,4-5,8-9,11H2,1-3H3,(H3,17,18). The predicted octanol–water partition coefficient (Wildman–Crippen LogP) is 2.20. The number of nitrogens with one attached hydrogen (secondary N) is 1. The number of rotatable bonds is 5. The molecule has 0 amide bonds. The highest BCUT2D eigenvalue weighted by atomic mass is 15.3. The lowest BCUT2D eigenvalue weighted by molar-refractivity contribution is 0.232. The molecule has 4 nitrogen and oxygen atoms in total. The molecule has 1 aromatic carbocycles. The first kappa shape index (κ1) is 14.9. The Labute approximate surface area is 122 Å². The molecule has 0 saturated carbocycles. The van der Waals surface area contributed by atoms with Gasteiger partial charge in [-0.25, -0.2) is 0 Å². The Morgan fingerprint density at radius 1 is 1.40 bits per heavy atom. The van der Waals surface area contributed by atoms with Crippen LogP contribution in [0.25, 0.3) is 0 Å². The topological polar surface area (TPSA) is 56.4 Å². The van der Waals surface area contributed by atoms with Crippen LogP contribution in [0.5, 0.6) is 0 Å². The van der Waals surface area contributed by atoms with Crippen LogP contribution in [-0.2, 0) is 0 Å². The van der Waals surface area contributed by atoms with Gasteiger partial charge in [-0.05, 0) is 38.6 Å². The summed E-state index contributed by atoms with van der Waals surface area (Å²) in [5.74, 6) is 0.162. The fraction of sp³-hybridized carbons (Fsp3) is 0.562. The average Bonchev–Trinajstić information content (AvgIpc) is 2.89. The van der Waals surface area contributed by atoms with Gasteiger partial charge in [0.05, 0.1) is 0 Å². The lowest BCUT2D eigenvalue weighted by Gasteiger charge is -2.27. The van der Waals surface area contributed by atoms with Crippen LogP contribution in [-0.4, -0.2) is 43.0 Å². The zero-order valence-corrected chi connectivity index (χ0v) is 12.8. The number of benzene rings is 1. The van der Waals surface area contributed by atoms with Crippen LogP contribution in [0.15, 0.2) is 18.2 Å². The number of hydrogen-bond donors (Lipinski definition) is 2. The van der Waals surface area contributed by atoms with E-state index in [0.717, 1.165) is 43.0 Å². The van der Waals surface area contributed by atoms with Crippen molar-refractivity contribution in [1.82, 2.24) is 4.90 Å². The zero-order valence-electron chi connectivity index (χ0n) is 12.8. The largest absolute Gasteiger partial charge is 0.384 e. The van der Waals surface area contributed by atoms with Gasteiger partial charge in [0.25, 0.3) is 0 Å². The molecule has 110 valence electrons. The third-order valence-corrected chi connectivity index (χ3v) is 4.28. The Morgan fingerprint density at radius 3 is 2.70 bits per heavy atom. The highest BCUT2D eigenvalue weighted by Gasteiger charge is 2.27. The first-order valence-corrected chi connectivity index (χ1v) is 7.50. The monoisotopic (exact) mass is 274 g/mol. The van der Waals surface area contributed by atoms with Gasteiger partial charge >= 0.3 is 0 Å². The quantitative estimate of drug-likeness (QED) is 0.639. The summed E-state index contributed by atoms with van der Waals surface area (Å²) in [5, 5.41) is 7.78. The van der Waals surface area contributed by atoms with Gasteiger partial charge in [0.1, 0.15) is 5.84 Å². The highest BCUT2D eigenvalue weighted by molar-refractivity contribution is 6.00. The number of aryl methyl sites for hydroxylation is 1. The van der Waals surface area contributed by atoms with Gasteiger partial charge in [-0.15, -0.1) is 0 Å². The molecule has 0 aromatic heterocycles. The van der Waals surface area contributed by atoms with Crippen LogP contribution >= 0.6 is 0 Å². The van der Waals surface area contributed by atoms with Crippen LogP contribution < -0.4 is 10.6 Å². The van der Waals surface area contributed by atoms with Crippen molar-refractivity contribution in [2.75, 3.05) is 31.1 Å². The molecule has 1 atom stereocenters. The summed E-state index contributed by atoms with van der Waals surface area (Å²) < 4.78 is 0. The van der Waals surface area contributed by atoms with Crippen molar-refractivity contribution < 1.29 is 0 Å². The number of amidine groups is 1. The minimum atomic E-state index is 0.162. The van der Waals surface area contributed by atoms with E-state index in [-0.39, 0.29) is 5.84 Å². The predicted molar refractivity (Wildman–Crippen MR) is 85.7 cm³/mol. The first-order chi connectivity index (χ1) is 9.56. The van der Waals surface area contributed by atoms with E-state index < -0.39 is 0 Å². The van der Waals surface area contributed by atoms with E-state index in [9.17, 15) is 0 Å². The van der Waals surface area contributed by atoms with Crippen molar-refractivity contribution in [3.63, 3.8) is 0 Å². The number of nitrogens with zero attached hydrogens (tertiary/aromatic N) is 2. The Hall–Kier alpha value is -1.55. The Kier molecular flexibility index (Phi) is 4.65. The molecule has 20 heavy (non-hydrogen) atoms. The van der Waals surface area contributed by atoms with Crippen molar-refractivity contribution in [3.05, 3.63) is 29.3 Å². The van der Waals surface area contributed by atoms with Gasteiger partial charge in [-0.2, -0.15) is 0 Å². The first-order valence-electron chi connectivity index (χ1n) is 7.50. The van der Waals surface area contributed by atoms with Crippen molar-refractivity contribution in [2.24, 2.45) is 5.73 Å². The normalized spacial score (nSPS) is 18.8.